The molecule has 0 radical (unpaired) electrons. The Bertz CT molecular complexity index is 167. The van der Waals surface area contributed by atoms with Gasteiger partial charge in [0.1, 0.15) is 0 Å². The van der Waals surface area contributed by atoms with Gasteiger partial charge in [-0.2, -0.15) is 0 Å². The van der Waals surface area contributed by atoms with E-state index in [1.165, 1.54) is 38.5 Å². The van der Waals surface area contributed by atoms with Crippen molar-refractivity contribution in [2.24, 2.45) is 5.92 Å². The van der Waals surface area contributed by atoms with Gasteiger partial charge in [0.05, 0.1) is 5.60 Å². The minimum absolute atomic E-state index is 0.192. The van der Waals surface area contributed by atoms with Crippen molar-refractivity contribution in [3.63, 3.8) is 0 Å². The lowest BCUT2D eigenvalue weighted by Gasteiger charge is -2.46. The highest BCUT2D eigenvalue weighted by atomic mass is 16.5. The van der Waals surface area contributed by atoms with Gasteiger partial charge in [-0.1, -0.05) is 12.8 Å². The summed E-state index contributed by atoms with van der Waals surface area (Å²) in [7, 11) is 3.95. The summed E-state index contributed by atoms with van der Waals surface area (Å²) in [4.78, 5) is 0. The molecule has 0 aromatic rings. The zero-order chi connectivity index (χ0) is 9.31. The number of nitrogens with one attached hydrogen (secondary N) is 1. The van der Waals surface area contributed by atoms with Gasteiger partial charge < -0.3 is 10.1 Å². The van der Waals surface area contributed by atoms with Gasteiger partial charge in [0, 0.05) is 13.2 Å². The van der Waals surface area contributed by atoms with Crippen molar-refractivity contribution in [1.29, 1.82) is 0 Å². The second kappa shape index (κ2) is 3.58. The van der Waals surface area contributed by atoms with Gasteiger partial charge in [-0.3, -0.25) is 0 Å². The molecule has 2 nitrogen and oxygen atoms in total. The Morgan fingerprint density at radius 3 is 2.46 bits per heavy atom. The van der Waals surface area contributed by atoms with Crippen molar-refractivity contribution >= 4 is 0 Å². The summed E-state index contributed by atoms with van der Waals surface area (Å²) in [5.41, 5.74) is 0.192. The molecule has 1 unspecified atom stereocenters. The summed E-state index contributed by atoms with van der Waals surface area (Å²) in [6.07, 6.45) is 8.06. The van der Waals surface area contributed by atoms with Crippen molar-refractivity contribution in [3.05, 3.63) is 0 Å². The van der Waals surface area contributed by atoms with Crippen molar-refractivity contribution in [2.45, 2.75) is 50.2 Å². The SMILES string of the molecule is CNC(CC1CC1)C1(OC)CCC1. The normalized spacial score (nSPS) is 28.2. The van der Waals surface area contributed by atoms with Crippen molar-refractivity contribution < 1.29 is 4.74 Å². The molecular formula is C11H21NO. The molecule has 0 bridgehead atoms. The summed E-state index contributed by atoms with van der Waals surface area (Å²) in [5.74, 6) is 0.991. The van der Waals surface area contributed by atoms with E-state index in [0.717, 1.165) is 5.92 Å². The summed E-state index contributed by atoms with van der Waals surface area (Å²) < 4.78 is 5.69. The highest BCUT2D eigenvalue weighted by Crippen LogP contribution is 2.43. The number of likely N-dealkylation sites (N-methyl/N-ethyl adjacent to an activating group) is 1. The minimum atomic E-state index is 0.192. The fourth-order valence-electron chi connectivity index (χ4n) is 2.50. The molecule has 1 N–H and O–H groups in total. The quantitative estimate of drug-likeness (QED) is 0.703. The molecule has 2 fully saturated rings. The van der Waals surface area contributed by atoms with Crippen LogP contribution in [0.15, 0.2) is 0 Å². The molecule has 2 saturated carbocycles. The zero-order valence-electron chi connectivity index (χ0n) is 8.81. The van der Waals surface area contributed by atoms with Crippen LogP contribution in [0.3, 0.4) is 0 Å². The Morgan fingerprint density at radius 2 is 2.15 bits per heavy atom. The molecule has 0 saturated heterocycles. The maximum atomic E-state index is 5.69. The molecule has 0 aromatic carbocycles. The Kier molecular flexibility index (Phi) is 2.61. The van der Waals surface area contributed by atoms with E-state index in [-0.39, 0.29) is 5.60 Å². The topological polar surface area (TPSA) is 21.3 Å². The lowest BCUT2D eigenvalue weighted by Crippen LogP contribution is -2.55. The van der Waals surface area contributed by atoms with Crippen molar-refractivity contribution in [2.75, 3.05) is 14.2 Å². The molecule has 2 aliphatic carbocycles. The molecule has 0 heterocycles. The molecule has 1 atom stereocenters. The number of hydrogen-bond acceptors (Lipinski definition) is 2. The molecule has 2 aliphatic rings. The fourth-order valence-corrected chi connectivity index (χ4v) is 2.50. The molecule has 0 amide bonds. The lowest BCUT2D eigenvalue weighted by molar-refractivity contribution is -0.0994. The highest BCUT2D eigenvalue weighted by molar-refractivity contribution is 5.00. The fraction of sp³-hybridized carbons (Fsp3) is 1.00. The van der Waals surface area contributed by atoms with E-state index < -0.39 is 0 Å². The van der Waals surface area contributed by atoms with Gasteiger partial charge in [0.15, 0.2) is 0 Å². The molecule has 0 aliphatic heterocycles. The van der Waals surface area contributed by atoms with Crippen LogP contribution in [0.1, 0.15) is 38.5 Å². The third-order valence-electron chi connectivity index (χ3n) is 3.86. The largest absolute Gasteiger partial charge is 0.377 e. The van der Waals surface area contributed by atoms with Gasteiger partial charge in [0.2, 0.25) is 0 Å². The first-order valence-corrected chi connectivity index (χ1v) is 5.53. The van der Waals surface area contributed by atoms with Gasteiger partial charge in [-0.15, -0.1) is 0 Å². The van der Waals surface area contributed by atoms with Crippen LogP contribution in [-0.2, 0) is 4.74 Å². The molecule has 2 rings (SSSR count). The average molecular weight is 183 g/mol. The molecular weight excluding hydrogens is 162 g/mol. The average Bonchev–Trinajstić information content (AvgIpc) is 2.85. The summed E-state index contributed by atoms with van der Waals surface area (Å²) in [5, 5.41) is 3.44. The van der Waals surface area contributed by atoms with Crippen LogP contribution < -0.4 is 5.32 Å². The van der Waals surface area contributed by atoms with Crippen LogP contribution in [-0.4, -0.2) is 25.8 Å². The number of hydrogen-bond donors (Lipinski definition) is 1. The standard InChI is InChI=1S/C11H21NO/c1-12-10(8-9-4-5-9)11(13-2)6-3-7-11/h9-10,12H,3-8H2,1-2H3. The predicted octanol–water partition coefficient (Wildman–Crippen LogP) is 1.94. The molecule has 2 heteroatoms. The number of methoxy groups -OCH3 is 1. The van der Waals surface area contributed by atoms with Crippen LogP contribution in [0.25, 0.3) is 0 Å². The molecule has 76 valence electrons. The van der Waals surface area contributed by atoms with Gasteiger partial charge in [-0.05, 0) is 38.6 Å². The first kappa shape index (κ1) is 9.47. The first-order valence-electron chi connectivity index (χ1n) is 5.53. The van der Waals surface area contributed by atoms with E-state index in [9.17, 15) is 0 Å². The maximum Gasteiger partial charge on any atom is 0.0831 e. The van der Waals surface area contributed by atoms with Gasteiger partial charge >= 0.3 is 0 Å². The van der Waals surface area contributed by atoms with E-state index in [1.807, 2.05) is 7.11 Å². The third-order valence-corrected chi connectivity index (χ3v) is 3.86. The summed E-state index contributed by atoms with van der Waals surface area (Å²) in [6, 6.07) is 0.596. The van der Waals surface area contributed by atoms with Crippen LogP contribution in [0.4, 0.5) is 0 Å². The highest BCUT2D eigenvalue weighted by Gasteiger charge is 2.45. The Labute approximate surface area is 81.0 Å². The number of ether oxygens (including phenoxy) is 1. The predicted molar refractivity (Wildman–Crippen MR) is 53.8 cm³/mol. The molecule has 13 heavy (non-hydrogen) atoms. The Hall–Kier alpha value is -0.0800. The van der Waals surface area contributed by atoms with E-state index in [2.05, 4.69) is 12.4 Å². The first-order chi connectivity index (χ1) is 6.30. The summed E-state index contributed by atoms with van der Waals surface area (Å²) in [6.45, 7) is 0. The monoisotopic (exact) mass is 183 g/mol. The zero-order valence-corrected chi connectivity index (χ0v) is 8.81. The van der Waals surface area contributed by atoms with Crippen LogP contribution in [0.5, 0.6) is 0 Å². The Balaban J connectivity index is 1.91. The van der Waals surface area contributed by atoms with Crippen LogP contribution in [0.2, 0.25) is 0 Å². The van der Waals surface area contributed by atoms with E-state index in [4.69, 9.17) is 4.74 Å². The van der Waals surface area contributed by atoms with E-state index in [1.54, 1.807) is 0 Å². The van der Waals surface area contributed by atoms with Gasteiger partial charge in [-0.25, -0.2) is 0 Å². The minimum Gasteiger partial charge on any atom is -0.377 e. The van der Waals surface area contributed by atoms with Crippen molar-refractivity contribution in [1.82, 2.24) is 5.32 Å². The maximum absolute atomic E-state index is 5.69. The molecule has 0 spiro atoms. The van der Waals surface area contributed by atoms with E-state index >= 15 is 0 Å². The number of rotatable bonds is 5. The lowest BCUT2D eigenvalue weighted by atomic mass is 9.73. The summed E-state index contributed by atoms with van der Waals surface area (Å²) >= 11 is 0. The van der Waals surface area contributed by atoms with Crippen LogP contribution in [0, 0.1) is 5.92 Å². The van der Waals surface area contributed by atoms with Gasteiger partial charge in [0.25, 0.3) is 0 Å². The van der Waals surface area contributed by atoms with Crippen molar-refractivity contribution in [3.8, 4) is 0 Å². The second-order valence-electron chi connectivity index (χ2n) is 4.64. The second-order valence-corrected chi connectivity index (χ2v) is 4.64. The molecule has 0 aromatic heterocycles. The smallest absolute Gasteiger partial charge is 0.0831 e. The van der Waals surface area contributed by atoms with E-state index in [0.29, 0.717) is 6.04 Å². The van der Waals surface area contributed by atoms with Crippen LogP contribution >= 0.6 is 0 Å². The third kappa shape index (κ3) is 1.75. The Morgan fingerprint density at radius 1 is 1.46 bits per heavy atom.